The van der Waals surface area contributed by atoms with Crippen LogP contribution < -0.4 is 0 Å². The summed E-state index contributed by atoms with van der Waals surface area (Å²) in [5, 5.41) is 0. The lowest BCUT2D eigenvalue weighted by Gasteiger charge is -2.21. The van der Waals surface area contributed by atoms with E-state index in [0.29, 0.717) is 0 Å². The van der Waals surface area contributed by atoms with Crippen LogP contribution in [0.15, 0.2) is 0 Å². The van der Waals surface area contributed by atoms with Gasteiger partial charge in [0.25, 0.3) is 0 Å². The fourth-order valence-corrected chi connectivity index (χ4v) is 1.95. The molecule has 1 unspecified atom stereocenters. The zero-order valence-corrected chi connectivity index (χ0v) is 8.02. The van der Waals surface area contributed by atoms with E-state index >= 15 is 0 Å². The van der Waals surface area contributed by atoms with Crippen LogP contribution in [-0.4, -0.2) is 36.5 Å². The van der Waals surface area contributed by atoms with Gasteiger partial charge in [-0.15, -0.1) is 0 Å². The molecule has 0 N–H and O–H groups in total. The first-order valence-electron chi connectivity index (χ1n) is 4.50. The molecule has 4 nitrogen and oxygen atoms in total. The van der Waals surface area contributed by atoms with E-state index < -0.39 is 11.9 Å². The van der Waals surface area contributed by atoms with Crippen LogP contribution in [0.3, 0.4) is 0 Å². The van der Waals surface area contributed by atoms with Crippen molar-refractivity contribution in [2.45, 2.75) is 51.0 Å². The van der Waals surface area contributed by atoms with Crippen molar-refractivity contribution in [2.24, 2.45) is 0 Å². The molecule has 0 saturated carbocycles. The molecule has 2 aliphatic rings. The van der Waals surface area contributed by atoms with Crippen LogP contribution in [0.25, 0.3) is 0 Å². The second kappa shape index (κ2) is 2.77. The molecular weight excluding hydrogens is 172 g/mol. The second-order valence-corrected chi connectivity index (χ2v) is 4.01. The van der Waals surface area contributed by atoms with Gasteiger partial charge in [-0.25, -0.2) is 0 Å². The van der Waals surface area contributed by atoms with Crippen molar-refractivity contribution in [1.29, 1.82) is 0 Å². The average molecular weight is 186 g/mol. The van der Waals surface area contributed by atoms with Gasteiger partial charge >= 0.3 is 0 Å². The van der Waals surface area contributed by atoms with E-state index in [0.717, 1.165) is 6.29 Å². The number of hydrogen-bond donors (Lipinski definition) is 0. The third-order valence-electron chi connectivity index (χ3n) is 2.46. The Morgan fingerprint density at radius 2 is 1.85 bits per heavy atom. The summed E-state index contributed by atoms with van der Waals surface area (Å²) in [5.41, 5.74) is 0. The number of fused-ring (bicyclic) bond motifs is 1. The molecule has 0 aromatic rings. The van der Waals surface area contributed by atoms with Crippen molar-refractivity contribution in [1.82, 2.24) is 0 Å². The number of carbonyl (C=O) groups excluding carboxylic acids is 1. The molecule has 74 valence electrons. The third-order valence-corrected chi connectivity index (χ3v) is 2.46. The molecule has 2 fully saturated rings. The highest BCUT2D eigenvalue weighted by molar-refractivity contribution is 5.58. The molecule has 0 amide bonds. The lowest BCUT2D eigenvalue weighted by Crippen LogP contribution is -2.30. The predicted octanol–water partition coefficient (Wildman–Crippen LogP) is 0.493. The zero-order chi connectivity index (χ0) is 9.64. The molecule has 2 rings (SSSR count). The molecule has 4 atom stereocenters. The van der Waals surface area contributed by atoms with Crippen molar-refractivity contribution < 1.29 is 19.0 Å². The number of hydrogen-bond acceptors (Lipinski definition) is 4. The lowest BCUT2D eigenvalue weighted by atomic mass is 10.1. The minimum absolute atomic E-state index is 0.0676. The third kappa shape index (κ3) is 1.39. The van der Waals surface area contributed by atoms with Gasteiger partial charge in [0, 0.05) is 0 Å². The van der Waals surface area contributed by atoms with Crippen LogP contribution in [0, 0.1) is 0 Å². The SMILES string of the molecule is CC1O[C@H](C=O)[C@H]2OC(C)(C)O[C@@H]12. The normalized spacial score (nSPS) is 47.6. The summed E-state index contributed by atoms with van der Waals surface area (Å²) in [4.78, 5) is 10.6. The van der Waals surface area contributed by atoms with Crippen LogP contribution in [0.2, 0.25) is 0 Å². The van der Waals surface area contributed by atoms with Crippen LogP contribution in [0.1, 0.15) is 20.8 Å². The summed E-state index contributed by atoms with van der Waals surface area (Å²) in [6, 6.07) is 0. The predicted molar refractivity (Wildman–Crippen MR) is 44.2 cm³/mol. The Hall–Kier alpha value is -0.450. The molecule has 2 saturated heterocycles. The van der Waals surface area contributed by atoms with E-state index in [1.54, 1.807) is 0 Å². The van der Waals surface area contributed by atoms with Gasteiger partial charge in [-0.3, -0.25) is 0 Å². The van der Waals surface area contributed by atoms with Gasteiger partial charge < -0.3 is 19.0 Å². The minimum atomic E-state index is -0.589. The van der Waals surface area contributed by atoms with Gasteiger partial charge in [0.2, 0.25) is 0 Å². The van der Waals surface area contributed by atoms with E-state index in [9.17, 15) is 4.79 Å². The van der Waals surface area contributed by atoms with E-state index in [1.807, 2.05) is 20.8 Å². The summed E-state index contributed by atoms with van der Waals surface area (Å²) in [6.45, 7) is 5.59. The molecular formula is C9H14O4. The molecule has 0 aromatic heterocycles. The summed E-state index contributed by atoms with van der Waals surface area (Å²) >= 11 is 0. The maximum Gasteiger partial charge on any atom is 0.164 e. The molecule has 0 aliphatic carbocycles. The van der Waals surface area contributed by atoms with Crippen molar-refractivity contribution in [3.05, 3.63) is 0 Å². The van der Waals surface area contributed by atoms with Crippen LogP contribution >= 0.6 is 0 Å². The number of aldehydes is 1. The zero-order valence-electron chi connectivity index (χ0n) is 8.02. The van der Waals surface area contributed by atoms with E-state index in [-0.39, 0.29) is 18.3 Å². The number of ether oxygens (including phenoxy) is 3. The molecule has 0 bridgehead atoms. The highest BCUT2D eigenvalue weighted by atomic mass is 16.8. The fraction of sp³-hybridized carbons (Fsp3) is 0.889. The topological polar surface area (TPSA) is 44.8 Å². The van der Waals surface area contributed by atoms with Gasteiger partial charge in [-0.1, -0.05) is 0 Å². The quantitative estimate of drug-likeness (QED) is 0.559. The highest BCUT2D eigenvalue weighted by Gasteiger charge is 2.53. The maximum atomic E-state index is 10.6. The Balaban J connectivity index is 2.17. The van der Waals surface area contributed by atoms with Crippen molar-refractivity contribution >= 4 is 6.29 Å². The van der Waals surface area contributed by atoms with Crippen LogP contribution in [-0.2, 0) is 19.0 Å². The monoisotopic (exact) mass is 186 g/mol. The van der Waals surface area contributed by atoms with Gasteiger partial charge in [0.1, 0.15) is 18.3 Å². The Labute approximate surface area is 77.1 Å². The molecule has 13 heavy (non-hydrogen) atoms. The Bertz CT molecular complexity index is 226. The summed E-state index contributed by atoms with van der Waals surface area (Å²) < 4.78 is 16.5. The van der Waals surface area contributed by atoms with E-state index in [1.165, 1.54) is 0 Å². The van der Waals surface area contributed by atoms with E-state index in [2.05, 4.69) is 0 Å². The molecule has 0 spiro atoms. The first-order chi connectivity index (χ1) is 6.03. The Morgan fingerprint density at radius 3 is 2.46 bits per heavy atom. The average Bonchev–Trinajstić information content (AvgIpc) is 2.47. The second-order valence-electron chi connectivity index (χ2n) is 4.01. The van der Waals surface area contributed by atoms with Crippen molar-refractivity contribution in [3.63, 3.8) is 0 Å². The number of rotatable bonds is 1. The van der Waals surface area contributed by atoms with Crippen molar-refractivity contribution in [3.8, 4) is 0 Å². The molecule has 0 aromatic carbocycles. The highest BCUT2D eigenvalue weighted by Crippen LogP contribution is 2.37. The standard InChI is InChI=1S/C9H14O4/c1-5-7-8(6(4-10)11-5)13-9(2,3)12-7/h4-8H,1-3H3/t5?,6-,7+,8-/m1/s1. The Morgan fingerprint density at radius 1 is 1.23 bits per heavy atom. The maximum absolute atomic E-state index is 10.6. The summed E-state index contributed by atoms with van der Waals surface area (Å²) in [5.74, 6) is -0.589. The van der Waals surface area contributed by atoms with Gasteiger partial charge in [0.05, 0.1) is 6.10 Å². The van der Waals surface area contributed by atoms with Crippen LogP contribution in [0.5, 0.6) is 0 Å². The molecule has 2 heterocycles. The van der Waals surface area contributed by atoms with Crippen LogP contribution in [0.4, 0.5) is 0 Å². The van der Waals surface area contributed by atoms with E-state index in [4.69, 9.17) is 14.2 Å². The summed E-state index contributed by atoms with van der Waals surface area (Å²) in [7, 11) is 0. The lowest BCUT2D eigenvalue weighted by molar-refractivity contribution is -0.183. The minimum Gasteiger partial charge on any atom is -0.362 e. The largest absolute Gasteiger partial charge is 0.362 e. The summed E-state index contributed by atoms with van der Waals surface area (Å²) in [6.07, 6.45) is -0.0946. The molecule has 0 radical (unpaired) electrons. The molecule has 2 aliphatic heterocycles. The molecule has 4 heteroatoms. The first kappa shape index (κ1) is 9.12. The fourth-order valence-electron chi connectivity index (χ4n) is 1.95. The Kier molecular flexibility index (Phi) is 1.94. The first-order valence-corrected chi connectivity index (χ1v) is 4.50. The van der Waals surface area contributed by atoms with Gasteiger partial charge in [-0.05, 0) is 20.8 Å². The van der Waals surface area contributed by atoms with Crippen molar-refractivity contribution in [2.75, 3.05) is 0 Å². The smallest absolute Gasteiger partial charge is 0.164 e. The van der Waals surface area contributed by atoms with Gasteiger partial charge in [0.15, 0.2) is 12.1 Å². The van der Waals surface area contributed by atoms with Gasteiger partial charge in [-0.2, -0.15) is 0 Å². The number of carbonyl (C=O) groups is 1.